The van der Waals surface area contributed by atoms with Gasteiger partial charge in [-0.15, -0.1) is 12.4 Å². The summed E-state index contributed by atoms with van der Waals surface area (Å²) in [5, 5.41) is 5.98. The van der Waals surface area contributed by atoms with Gasteiger partial charge in [-0.3, -0.25) is 4.79 Å². The van der Waals surface area contributed by atoms with Crippen molar-refractivity contribution < 1.29 is 4.79 Å². The zero-order chi connectivity index (χ0) is 11.8. The zero-order valence-electron chi connectivity index (χ0n) is 10.2. The second kappa shape index (κ2) is 9.33. The van der Waals surface area contributed by atoms with Gasteiger partial charge in [0.25, 0.3) is 0 Å². The lowest BCUT2D eigenvalue weighted by molar-refractivity contribution is -0.115. The number of carbonyl (C=O) groups excluding carboxylic acids is 1. The largest absolute Gasteiger partial charge is 0.326 e. The quantitative estimate of drug-likeness (QED) is 0.838. The van der Waals surface area contributed by atoms with Crippen molar-refractivity contribution in [3.05, 3.63) is 29.8 Å². The Balaban J connectivity index is 0.00000256. The fourth-order valence-electron chi connectivity index (χ4n) is 1.38. The van der Waals surface area contributed by atoms with Crippen molar-refractivity contribution in [2.24, 2.45) is 0 Å². The van der Waals surface area contributed by atoms with Crippen LogP contribution in [0.4, 0.5) is 5.69 Å². The van der Waals surface area contributed by atoms with E-state index in [1.165, 1.54) is 5.56 Å². The van der Waals surface area contributed by atoms with E-state index in [1.54, 1.807) is 11.8 Å². The third-order valence-electron chi connectivity index (χ3n) is 2.12. The first kappa shape index (κ1) is 16.3. The highest BCUT2D eigenvalue weighted by molar-refractivity contribution is 7.98. The van der Waals surface area contributed by atoms with Gasteiger partial charge in [0.05, 0.1) is 0 Å². The third kappa shape index (κ3) is 6.56. The minimum Gasteiger partial charge on any atom is -0.326 e. The van der Waals surface area contributed by atoms with Gasteiger partial charge in [0.2, 0.25) is 5.91 Å². The SMILES string of the molecule is CNCc1cccc(NC(=O)CCSC)c1.Cl. The molecule has 1 aromatic carbocycles. The van der Waals surface area contributed by atoms with Gasteiger partial charge in [0, 0.05) is 24.4 Å². The van der Waals surface area contributed by atoms with Gasteiger partial charge >= 0.3 is 0 Å². The Morgan fingerprint density at radius 1 is 1.41 bits per heavy atom. The molecule has 17 heavy (non-hydrogen) atoms. The molecule has 0 atom stereocenters. The van der Waals surface area contributed by atoms with Crippen molar-refractivity contribution in [3.63, 3.8) is 0 Å². The van der Waals surface area contributed by atoms with Gasteiger partial charge in [-0.25, -0.2) is 0 Å². The lowest BCUT2D eigenvalue weighted by Gasteiger charge is -2.06. The molecule has 0 aliphatic rings. The van der Waals surface area contributed by atoms with Crippen LogP contribution in [0.3, 0.4) is 0 Å². The highest BCUT2D eigenvalue weighted by Crippen LogP contribution is 2.11. The number of anilines is 1. The van der Waals surface area contributed by atoms with Gasteiger partial charge in [-0.2, -0.15) is 11.8 Å². The topological polar surface area (TPSA) is 41.1 Å². The van der Waals surface area contributed by atoms with Crippen LogP contribution in [0.2, 0.25) is 0 Å². The Morgan fingerprint density at radius 2 is 2.18 bits per heavy atom. The van der Waals surface area contributed by atoms with E-state index in [0.717, 1.165) is 18.0 Å². The van der Waals surface area contributed by atoms with Crippen molar-refractivity contribution in [2.75, 3.05) is 24.4 Å². The molecule has 0 saturated carbocycles. The summed E-state index contributed by atoms with van der Waals surface area (Å²) in [6, 6.07) is 7.90. The van der Waals surface area contributed by atoms with Gasteiger partial charge < -0.3 is 10.6 Å². The van der Waals surface area contributed by atoms with Crippen molar-refractivity contribution in [2.45, 2.75) is 13.0 Å². The number of rotatable bonds is 6. The maximum Gasteiger partial charge on any atom is 0.225 e. The molecule has 0 heterocycles. The number of nitrogens with one attached hydrogen (secondary N) is 2. The first-order valence-corrected chi connectivity index (χ1v) is 6.68. The average Bonchev–Trinajstić information content (AvgIpc) is 2.27. The van der Waals surface area contributed by atoms with Gasteiger partial charge in [0.1, 0.15) is 0 Å². The molecule has 0 aliphatic carbocycles. The van der Waals surface area contributed by atoms with Crippen molar-refractivity contribution in [1.82, 2.24) is 5.32 Å². The zero-order valence-corrected chi connectivity index (χ0v) is 11.8. The molecule has 0 unspecified atom stereocenters. The molecule has 2 N–H and O–H groups in total. The van der Waals surface area contributed by atoms with E-state index in [9.17, 15) is 4.79 Å². The molecule has 5 heteroatoms. The number of hydrogen-bond donors (Lipinski definition) is 2. The van der Waals surface area contributed by atoms with Crippen molar-refractivity contribution >= 4 is 35.8 Å². The van der Waals surface area contributed by atoms with Crippen molar-refractivity contribution in [3.8, 4) is 0 Å². The summed E-state index contributed by atoms with van der Waals surface area (Å²) >= 11 is 1.68. The molecule has 1 aromatic rings. The molecular weight excluding hydrogens is 256 g/mol. The maximum atomic E-state index is 11.5. The highest BCUT2D eigenvalue weighted by atomic mass is 35.5. The molecule has 0 radical (unpaired) electrons. The summed E-state index contributed by atoms with van der Waals surface area (Å²) in [4.78, 5) is 11.5. The fraction of sp³-hybridized carbons (Fsp3) is 0.417. The van der Waals surface area contributed by atoms with E-state index in [2.05, 4.69) is 10.6 Å². The second-order valence-corrected chi connectivity index (χ2v) is 4.51. The minimum atomic E-state index is 0. The number of hydrogen-bond acceptors (Lipinski definition) is 3. The van der Waals surface area contributed by atoms with E-state index in [0.29, 0.717) is 6.42 Å². The average molecular weight is 275 g/mol. The van der Waals surface area contributed by atoms with Crippen LogP contribution >= 0.6 is 24.2 Å². The lowest BCUT2D eigenvalue weighted by Crippen LogP contribution is -2.12. The summed E-state index contributed by atoms with van der Waals surface area (Å²) in [5.41, 5.74) is 2.05. The monoisotopic (exact) mass is 274 g/mol. The summed E-state index contributed by atoms with van der Waals surface area (Å²) in [6.07, 6.45) is 2.57. The van der Waals surface area contributed by atoms with Crippen LogP contribution in [-0.2, 0) is 11.3 Å². The molecular formula is C12H19ClN2OS. The van der Waals surface area contributed by atoms with E-state index < -0.39 is 0 Å². The molecule has 0 saturated heterocycles. The Bertz CT molecular complexity index is 347. The van der Waals surface area contributed by atoms with Crippen LogP contribution in [0.15, 0.2) is 24.3 Å². The van der Waals surface area contributed by atoms with Gasteiger partial charge in [0.15, 0.2) is 0 Å². The number of amides is 1. The van der Waals surface area contributed by atoms with Crippen LogP contribution in [0.1, 0.15) is 12.0 Å². The Hall–Kier alpha value is -0.710. The Labute approximate surface area is 113 Å². The fourth-order valence-corrected chi connectivity index (χ4v) is 1.77. The number of halogens is 1. The van der Waals surface area contributed by atoms with E-state index >= 15 is 0 Å². The third-order valence-corrected chi connectivity index (χ3v) is 2.74. The molecule has 3 nitrogen and oxygen atoms in total. The van der Waals surface area contributed by atoms with Crippen molar-refractivity contribution in [1.29, 1.82) is 0 Å². The maximum absolute atomic E-state index is 11.5. The Morgan fingerprint density at radius 3 is 2.82 bits per heavy atom. The standard InChI is InChI=1S/C12H18N2OS.ClH/c1-13-9-10-4-3-5-11(8-10)14-12(15)6-7-16-2;/h3-5,8,13H,6-7,9H2,1-2H3,(H,14,15);1H. The molecule has 0 fully saturated rings. The van der Waals surface area contributed by atoms with Gasteiger partial charge in [-0.05, 0) is 31.0 Å². The first-order valence-electron chi connectivity index (χ1n) is 5.28. The van der Waals surface area contributed by atoms with Crippen LogP contribution in [0, 0.1) is 0 Å². The Kier molecular flexibility index (Phi) is 8.94. The first-order chi connectivity index (χ1) is 7.76. The smallest absolute Gasteiger partial charge is 0.225 e. The van der Waals surface area contributed by atoms with E-state index in [1.807, 2.05) is 37.6 Å². The van der Waals surface area contributed by atoms with Crippen LogP contribution in [0.25, 0.3) is 0 Å². The lowest BCUT2D eigenvalue weighted by atomic mass is 10.2. The number of thioether (sulfide) groups is 1. The minimum absolute atomic E-state index is 0. The molecule has 0 bridgehead atoms. The molecule has 0 spiro atoms. The summed E-state index contributed by atoms with van der Waals surface area (Å²) in [7, 11) is 1.91. The van der Waals surface area contributed by atoms with E-state index in [4.69, 9.17) is 0 Å². The van der Waals surface area contributed by atoms with Gasteiger partial charge in [-0.1, -0.05) is 12.1 Å². The predicted molar refractivity (Wildman–Crippen MR) is 78.1 cm³/mol. The molecule has 0 aromatic heterocycles. The molecule has 1 rings (SSSR count). The molecule has 0 aliphatic heterocycles. The van der Waals surface area contributed by atoms with Crippen LogP contribution in [0.5, 0.6) is 0 Å². The summed E-state index contributed by atoms with van der Waals surface area (Å²) in [6.45, 7) is 0.814. The second-order valence-electron chi connectivity index (χ2n) is 3.52. The predicted octanol–water partition coefficient (Wildman–Crippen LogP) is 2.52. The normalized spacial score (nSPS) is 9.53. The summed E-state index contributed by atoms with van der Waals surface area (Å²) < 4.78 is 0. The number of benzene rings is 1. The van der Waals surface area contributed by atoms with E-state index in [-0.39, 0.29) is 18.3 Å². The molecule has 1 amide bonds. The van der Waals surface area contributed by atoms with Crippen LogP contribution in [-0.4, -0.2) is 25.0 Å². The highest BCUT2D eigenvalue weighted by Gasteiger charge is 2.01. The van der Waals surface area contributed by atoms with Crippen LogP contribution < -0.4 is 10.6 Å². The molecule has 96 valence electrons. The number of carbonyl (C=O) groups is 1. The summed E-state index contributed by atoms with van der Waals surface area (Å²) in [5.74, 6) is 0.943.